The first-order chi connectivity index (χ1) is 32.2. The molecule has 9 heteroatoms. The van der Waals surface area contributed by atoms with Gasteiger partial charge in [-0.15, -0.1) is 0 Å². The van der Waals surface area contributed by atoms with Gasteiger partial charge < -0.3 is 4.40 Å². The van der Waals surface area contributed by atoms with Crippen LogP contribution in [0.3, 0.4) is 0 Å². The number of hydrogen-bond donors (Lipinski definition) is 0. The predicted octanol–water partition coefficient (Wildman–Crippen LogP) is 12.8. The van der Waals surface area contributed by atoms with Crippen molar-refractivity contribution < 1.29 is 0 Å². The highest BCUT2D eigenvalue weighted by atomic mass is 15.1. The van der Waals surface area contributed by atoms with Crippen molar-refractivity contribution in [2.45, 2.75) is 0 Å². The number of benzene rings is 7. The molecule has 0 amide bonds. The van der Waals surface area contributed by atoms with E-state index in [2.05, 4.69) is 76.1 Å². The summed E-state index contributed by atoms with van der Waals surface area (Å²) in [5.74, 6) is 3.52. The largest absolute Gasteiger partial charge is 0.308 e. The number of para-hydroxylation sites is 1. The average Bonchev–Trinajstić information content (AvgIpc) is 3.73. The molecule has 0 bridgehead atoms. The first kappa shape index (κ1) is 36.6. The van der Waals surface area contributed by atoms with E-state index >= 15 is 0 Å². The van der Waals surface area contributed by atoms with Crippen molar-refractivity contribution in [3.05, 3.63) is 200 Å². The number of hydrogen-bond acceptors (Lipinski definition) is 8. The van der Waals surface area contributed by atoms with Crippen LogP contribution >= 0.6 is 0 Å². The summed E-state index contributed by atoms with van der Waals surface area (Å²) in [6.07, 6.45) is 3.61. The summed E-state index contributed by atoms with van der Waals surface area (Å²) in [4.78, 5) is 39.7. The number of pyridine rings is 3. The summed E-state index contributed by atoms with van der Waals surface area (Å²) in [7, 11) is 0. The maximum absolute atomic E-state index is 5.15. The van der Waals surface area contributed by atoms with Gasteiger partial charge in [0.1, 0.15) is 5.69 Å². The van der Waals surface area contributed by atoms with Gasteiger partial charge in [-0.2, -0.15) is 0 Å². The molecule has 0 aliphatic heterocycles. The molecular weight excluding hydrogens is 799 g/mol. The maximum Gasteiger partial charge on any atom is 0.182 e. The van der Waals surface area contributed by atoms with E-state index in [1.165, 1.54) is 0 Å². The number of nitrogens with zero attached hydrogens (tertiary/aromatic N) is 9. The van der Waals surface area contributed by atoms with Crippen molar-refractivity contribution in [3.8, 4) is 79.7 Å². The van der Waals surface area contributed by atoms with Gasteiger partial charge in [0.15, 0.2) is 34.9 Å². The molecule has 0 N–H and O–H groups in total. The van der Waals surface area contributed by atoms with Crippen LogP contribution in [0.2, 0.25) is 0 Å². The fourth-order valence-corrected chi connectivity index (χ4v) is 9.15. The van der Waals surface area contributed by atoms with E-state index in [-0.39, 0.29) is 0 Å². The summed E-state index contributed by atoms with van der Waals surface area (Å²) < 4.78 is 2.41. The Balaban J connectivity index is 0.998. The zero-order valence-electron chi connectivity index (χ0n) is 34.6. The highest BCUT2D eigenvalue weighted by Crippen LogP contribution is 2.43. The Hall–Kier alpha value is -9.08. The molecule has 0 unspecified atom stereocenters. The highest BCUT2D eigenvalue weighted by Gasteiger charge is 2.22. The first-order valence-electron chi connectivity index (χ1n) is 21.4. The topological polar surface area (TPSA) is 108 Å². The first-order valence-corrected chi connectivity index (χ1v) is 21.4. The molecule has 0 aliphatic carbocycles. The quantitative estimate of drug-likeness (QED) is 0.115. The molecule has 0 aliphatic rings. The summed E-state index contributed by atoms with van der Waals surface area (Å²) in [6.45, 7) is 0. The van der Waals surface area contributed by atoms with Crippen LogP contribution in [0.25, 0.3) is 129 Å². The second-order valence-corrected chi connectivity index (χ2v) is 16.0. The van der Waals surface area contributed by atoms with Crippen LogP contribution in [0.15, 0.2) is 200 Å². The molecule has 0 saturated heterocycles. The van der Waals surface area contributed by atoms with Gasteiger partial charge in [0.05, 0.1) is 22.2 Å². The van der Waals surface area contributed by atoms with Crippen LogP contribution in [0, 0.1) is 0 Å². The molecule has 7 aromatic carbocycles. The molecule has 0 spiro atoms. The fraction of sp³-hybridized carbons (Fsp3) is 0. The molecule has 0 atom stereocenters. The molecule has 302 valence electrons. The van der Waals surface area contributed by atoms with Crippen molar-refractivity contribution >= 4 is 48.9 Å². The van der Waals surface area contributed by atoms with Crippen LogP contribution in [-0.4, -0.2) is 44.3 Å². The van der Waals surface area contributed by atoms with Gasteiger partial charge in [0.2, 0.25) is 0 Å². The standard InChI is InChI=1S/C56H33N9/c1-4-14-34(15-5-1)51-59-52(35-16-6-2-7-17-35)61-54(60-51)37-26-29-47-44(32-37)42-23-13-22-41-39-20-12-21-40-43(27-30-48(49(39)40)65(47)50(41)42)55-62-53(36-18-8-3-9-19-36)63-56(64-55)46-28-25-38(33-58-46)45-24-10-11-31-57-45/h1-33H. The molecule has 0 saturated carbocycles. The van der Waals surface area contributed by atoms with Crippen molar-refractivity contribution in [1.29, 1.82) is 0 Å². The third-order valence-electron chi connectivity index (χ3n) is 12.2. The fourth-order valence-electron chi connectivity index (χ4n) is 9.15. The SMILES string of the molecule is c1ccc(-c2nc(-c3ccccc3)nc(-c3ccc4c(c3)c3cccc5c6cccc7c(-c8nc(-c9ccccc9)nc(-c9ccc(-c%10ccccn%10)cn9)n8)ccc(c76)n4c53)n2)cc1. The minimum Gasteiger partial charge on any atom is -0.308 e. The van der Waals surface area contributed by atoms with Gasteiger partial charge in [-0.1, -0.05) is 133 Å². The third kappa shape index (κ3) is 6.09. The van der Waals surface area contributed by atoms with E-state index in [9.17, 15) is 0 Å². The van der Waals surface area contributed by atoms with Gasteiger partial charge >= 0.3 is 0 Å². The van der Waals surface area contributed by atoms with E-state index in [1.807, 2.05) is 128 Å². The van der Waals surface area contributed by atoms with E-state index in [4.69, 9.17) is 34.9 Å². The predicted molar refractivity (Wildman–Crippen MR) is 259 cm³/mol. The van der Waals surface area contributed by atoms with Crippen LogP contribution in [-0.2, 0) is 0 Å². The molecular formula is C56H33N9. The molecule has 13 aromatic rings. The Labute approximate surface area is 371 Å². The van der Waals surface area contributed by atoms with Crippen molar-refractivity contribution in [3.63, 3.8) is 0 Å². The van der Waals surface area contributed by atoms with Gasteiger partial charge in [-0.05, 0) is 65.4 Å². The minimum absolute atomic E-state index is 0.492. The Morgan fingerprint density at radius 2 is 0.846 bits per heavy atom. The Kier molecular flexibility index (Phi) is 8.32. The second-order valence-electron chi connectivity index (χ2n) is 16.0. The van der Waals surface area contributed by atoms with Gasteiger partial charge in [0.25, 0.3) is 0 Å². The molecule has 6 heterocycles. The lowest BCUT2D eigenvalue weighted by Crippen LogP contribution is -2.02. The van der Waals surface area contributed by atoms with Crippen molar-refractivity contribution in [2.24, 2.45) is 0 Å². The Morgan fingerprint density at radius 3 is 1.48 bits per heavy atom. The van der Waals surface area contributed by atoms with E-state index < -0.39 is 0 Å². The number of rotatable bonds is 7. The van der Waals surface area contributed by atoms with E-state index in [0.29, 0.717) is 40.6 Å². The third-order valence-corrected chi connectivity index (χ3v) is 12.2. The van der Waals surface area contributed by atoms with Crippen LogP contribution in [0.5, 0.6) is 0 Å². The molecule has 65 heavy (non-hydrogen) atoms. The normalized spacial score (nSPS) is 11.7. The summed E-state index contributed by atoms with van der Waals surface area (Å²) in [6, 6.07) is 64.1. The molecule has 13 rings (SSSR count). The van der Waals surface area contributed by atoms with Gasteiger partial charge in [-0.25, -0.2) is 29.9 Å². The summed E-state index contributed by atoms with van der Waals surface area (Å²) in [5.41, 5.74) is 10.3. The van der Waals surface area contributed by atoms with Crippen LogP contribution < -0.4 is 0 Å². The molecule has 0 fully saturated rings. The lowest BCUT2D eigenvalue weighted by Gasteiger charge is -2.16. The maximum atomic E-state index is 5.15. The van der Waals surface area contributed by atoms with Gasteiger partial charge in [0, 0.05) is 67.3 Å². The number of aromatic nitrogens is 9. The van der Waals surface area contributed by atoms with Crippen molar-refractivity contribution in [2.75, 3.05) is 0 Å². The Morgan fingerprint density at radius 1 is 0.308 bits per heavy atom. The van der Waals surface area contributed by atoms with Crippen LogP contribution in [0.1, 0.15) is 0 Å². The number of fused-ring (bicyclic) bond motifs is 5. The second kappa shape index (κ2) is 14.8. The molecule has 0 radical (unpaired) electrons. The zero-order chi connectivity index (χ0) is 42.8. The van der Waals surface area contributed by atoms with Crippen molar-refractivity contribution in [1.82, 2.24) is 44.3 Å². The minimum atomic E-state index is 0.492. The van der Waals surface area contributed by atoms with Gasteiger partial charge in [-0.3, -0.25) is 9.97 Å². The van der Waals surface area contributed by atoms with E-state index in [0.717, 1.165) is 87.9 Å². The monoisotopic (exact) mass is 831 g/mol. The zero-order valence-corrected chi connectivity index (χ0v) is 34.6. The highest BCUT2D eigenvalue weighted by molar-refractivity contribution is 6.28. The van der Waals surface area contributed by atoms with Crippen LogP contribution in [0.4, 0.5) is 0 Å². The summed E-state index contributed by atoms with van der Waals surface area (Å²) in [5, 5.41) is 6.76. The average molecular weight is 832 g/mol. The Bertz CT molecular complexity index is 3860. The summed E-state index contributed by atoms with van der Waals surface area (Å²) >= 11 is 0. The smallest absolute Gasteiger partial charge is 0.182 e. The molecule has 6 aromatic heterocycles. The lowest BCUT2D eigenvalue weighted by molar-refractivity contribution is 1.06. The lowest BCUT2D eigenvalue weighted by atomic mass is 9.96. The molecule has 9 nitrogen and oxygen atoms in total. The van der Waals surface area contributed by atoms with E-state index in [1.54, 1.807) is 6.20 Å².